The molecule has 1 saturated heterocycles. The van der Waals surface area contributed by atoms with Gasteiger partial charge in [-0.3, -0.25) is 4.90 Å². The van der Waals surface area contributed by atoms with Gasteiger partial charge in [-0.2, -0.15) is 0 Å². The van der Waals surface area contributed by atoms with E-state index in [1.165, 1.54) is 5.56 Å². The molecule has 6 nitrogen and oxygen atoms in total. The minimum atomic E-state index is 0.146. The van der Waals surface area contributed by atoms with Crippen LogP contribution in [0.3, 0.4) is 0 Å². The molecule has 2 aliphatic rings. The van der Waals surface area contributed by atoms with Crippen molar-refractivity contribution in [3.63, 3.8) is 0 Å². The number of anilines is 1. The van der Waals surface area contributed by atoms with E-state index in [0.717, 1.165) is 54.2 Å². The van der Waals surface area contributed by atoms with Gasteiger partial charge in [0.05, 0.1) is 0 Å². The van der Waals surface area contributed by atoms with E-state index in [1.807, 2.05) is 36.4 Å². The van der Waals surface area contributed by atoms with Crippen molar-refractivity contribution in [2.45, 2.75) is 19.1 Å². The van der Waals surface area contributed by atoms with Gasteiger partial charge in [0.1, 0.15) is 23.2 Å². The third-order valence-corrected chi connectivity index (χ3v) is 5.07. The predicted molar refractivity (Wildman–Crippen MR) is 103 cm³/mol. The SMILES string of the molecule is Nc1ccc2cccc(O[C@H]3CCN(Cc4ccc5c(c4)OCO5)C3)c2n1. The lowest BCUT2D eigenvalue weighted by Crippen LogP contribution is -2.24. The second kappa shape index (κ2) is 6.63. The van der Waals surface area contributed by atoms with Gasteiger partial charge in [-0.25, -0.2) is 4.98 Å². The molecular formula is C21H21N3O3. The molecule has 0 saturated carbocycles. The highest BCUT2D eigenvalue weighted by Crippen LogP contribution is 2.33. The summed E-state index contributed by atoms with van der Waals surface area (Å²) in [6.45, 7) is 3.06. The highest BCUT2D eigenvalue weighted by atomic mass is 16.7. The lowest BCUT2D eigenvalue weighted by molar-refractivity contribution is 0.174. The summed E-state index contributed by atoms with van der Waals surface area (Å²) in [4.78, 5) is 6.85. The molecule has 5 rings (SSSR count). The maximum absolute atomic E-state index is 6.28. The molecule has 3 heterocycles. The van der Waals surface area contributed by atoms with E-state index in [2.05, 4.69) is 22.0 Å². The topological polar surface area (TPSA) is 69.8 Å². The molecule has 2 aromatic carbocycles. The van der Waals surface area contributed by atoms with Crippen LogP contribution in [0.4, 0.5) is 5.82 Å². The Kier molecular flexibility index (Phi) is 3.98. The second-order valence-electron chi connectivity index (χ2n) is 7.02. The van der Waals surface area contributed by atoms with Gasteiger partial charge < -0.3 is 19.9 Å². The molecule has 0 amide bonds. The molecule has 2 N–H and O–H groups in total. The monoisotopic (exact) mass is 363 g/mol. The van der Waals surface area contributed by atoms with Crippen LogP contribution in [-0.4, -0.2) is 35.9 Å². The summed E-state index contributed by atoms with van der Waals surface area (Å²) in [6, 6.07) is 15.9. The Hall–Kier alpha value is -2.99. The number of aromatic nitrogens is 1. The second-order valence-corrected chi connectivity index (χ2v) is 7.02. The molecule has 3 aromatic rings. The summed E-state index contributed by atoms with van der Waals surface area (Å²) in [5.41, 5.74) is 7.90. The van der Waals surface area contributed by atoms with E-state index in [4.69, 9.17) is 19.9 Å². The van der Waals surface area contributed by atoms with Gasteiger partial charge >= 0.3 is 0 Å². The molecule has 1 atom stereocenters. The molecule has 0 aliphatic carbocycles. The van der Waals surface area contributed by atoms with E-state index in [1.54, 1.807) is 0 Å². The van der Waals surface area contributed by atoms with Crippen molar-refractivity contribution in [1.29, 1.82) is 0 Å². The number of rotatable bonds is 4. The van der Waals surface area contributed by atoms with Gasteiger partial charge in [0.15, 0.2) is 11.5 Å². The van der Waals surface area contributed by atoms with Crippen molar-refractivity contribution >= 4 is 16.7 Å². The van der Waals surface area contributed by atoms with Crippen molar-refractivity contribution in [1.82, 2.24) is 9.88 Å². The summed E-state index contributed by atoms with van der Waals surface area (Å²) in [6.07, 6.45) is 1.14. The largest absolute Gasteiger partial charge is 0.487 e. The molecular weight excluding hydrogens is 342 g/mol. The van der Waals surface area contributed by atoms with Crippen molar-refractivity contribution in [2.75, 3.05) is 25.6 Å². The highest BCUT2D eigenvalue weighted by molar-refractivity contribution is 5.85. The average molecular weight is 363 g/mol. The van der Waals surface area contributed by atoms with Crippen LogP contribution in [0.15, 0.2) is 48.5 Å². The number of hydrogen-bond donors (Lipinski definition) is 1. The van der Waals surface area contributed by atoms with Crippen LogP contribution in [-0.2, 0) is 6.54 Å². The average Bonchev–Trinajstić information content (AvgIpc) is 3.31. The highest BCUT2D eigenvalue weighted by Gasteiger charge is 2.25. The number of likely N-dealkylation sites (tertiary alicyclic amines) is 1. The third-order valence-electron chi connectivity index (χ3n) is 5.07. The molecule has 0 unspecified atom stereocenters. The zero-order valence-electron chi connectivity index (χ0n) is 14.9. The number of ether oxygens (including phenoxy) is 3. The number of nitrogens with two attached hydrogens (primary N) is 1. The first-order chi connectivity index (χ1) is 13.2. The number of benzene rings is 2. The first kappa shape index (κ1) is 16.2. The first-order valence-corrected chi connectivity index (χ1v) is 9.17. The van der Waals surface area contributed by atoms with E-state index in [9.17, 15) is 0 Å². The molecule has 0 radical (unpaired) electrons. The van der Waals surface area contributed by atoms with Crippen molar-refractivity contribution < 1.29 is 14.2 Å². The maximum Gasteiger partial charge on any atom is 0.231 e. The Morgan fingerprint density at radius 3 is 3.00 bits per heavy atom. The summed E-state index contributed by atoms with van der Waals surface area (Å²) in [7, 11) is 0. The minimum Gasteiger partial charge on any atom is -0.487 e. The van der Waals surface area contributed by atoms with E-state index in [0.29, 0.717) is 12.6 Å². The van der Waals surface area contributed by atoms with Gasteiger partial charge in [0.25, 0.3) is 0 Å². The van der Waals surface area contributed by atoms with E-state index in [-0.39, 0.29) is 6.10 Å². The Balaban J connectivity index is 1.27. The van der Waals surface area contributed by atoms with E-state index < -0.39 is 0 Å². The fraction of sp³-hybridized carbons (Fsp3) is 0.286. The van der Waals surface area contributed by atoms with Crippen LogP contribution in [0.5, 0.6) is 17.2 Å². The minimum absolute atomic E-state index is 0.146. The van der Waals surface area contributed by atoms with E-state index >= 15 is 0 Å². The Labute approximate surface area is 157 Å². The normalized spacial score (nSPS) is 18.9. The Morgan fingerprint density at radius 1 is 1.11 bits per heavy atom. The molecule has 2 aliphatic heterocycles. The molecule has 6 heteroatoms. The molecule has 0 bridgehead atoms. The molecule has 0 spiro atoms. The van der Waals surface area contributed by atoms with Crippen molar-refractivity contribution in [3.8, 4) is 17.2 Å². The van der Waals surface area contributed by atoms with Crippen molar-refractivity contribution in [3.05, 3.63) is 54.1 Å². The lowest BCUT2D eigenvalue weighted by Gasteiger charge is -2.18. The van der Waals surface area contributed by atoms with Crippen molar-refractivity contribution in [2.24, 2.45) is 0 Å². The fourth-order valence-electron chi connectivity index (χ4n) is 3.74. The number of para-hydroxylation sites is 1. The molecule has 1 fully saturated rings. The quantitative estimate of drug-likeness (QED) is 0.768. The van der Waals surface area contributed by atoms with Gasteiger partial charge in [-0.05, 0) is 42.3 Å². The standard InChI is InChI=1S/C21H21N3O3/c22-20-7-5-15-2-1-3-18(21(15)23-20)27-16-8-9-24(12-16)11-14-4-6-17-19(10-14)26-13-25-17/h1-7,10,16H,8-9,11-13H2,(H2,22,23)/t16-/m0/s1. The summed E-state index contributed by atoms with van der Waals surface area (Å²) >= 11 is 0. The van der Waals surface area contributed by atoms with Crippen LogP contribution in [0, 0.1) is 0 Å². The first-order valence-electron chi connectivity index (χ1n) is 9.17. The Bertz CT molecular complexity index is 992. The number of hydrogen-bond acceptors (Lipinski definition) is 6. The van der Waals surface area contributed by atoms with Crippen LogP contribution in [0.25, 0.3) is 10.9 Å². The Morgan fingerprint density at radius 2 is 2.04 bits per heavy atom. The summed E-state index contributed by atoms with van der Waals surface area (Å²) in [5.74, 6) is 2.96. The molecule has 138 valence electrons. The van der Waals surface area contributed by atoms with Crippen LogP contribution >= 0.6 is 0 Å². The summed E-state index contributed by atoms with van der Waals surface area (Å²) < 4.78 is 17.1. The van der Waals surface area contributed by atoms with Gasteiger partial charge in [-0.1, -0.05) is 18.2 Å². The van der Waals surface area contributed by atoms with Crippen LogP contribution in [0.2, 0.25) is 0 Å². The fourth-order valence-corrected chi connectivity index (χ4v) is 3.74. The van der Waals surface area contributed by atoms with Crippen LogP contribution < -0.4 is 19.9 Å². The zero-order chi connectivity index (χ0) is 18.2. The number of nitrogens with zero attached hydrogens (tertiary/aromatic N) is 2. The molecule has 27 heavy (non-hydrogen) atoms. The van der Waals surface area contributed by atoms with Crippen LogP contribution in [0.1, 0.15) is 12.0 Å². The number of fused-ring (bicyclic) bond motifs is 2. The number of pyridine rings is 1. The summed E-state index contributed by atoms with van der Waals surface area (Å²) in [5, 5.41) is 1.04. The van der Waals surface area contributed by atoms with Gasteiger partial charge in [0.2, 0.25) is 6.79 Å². The zero-order valence-corrected chi connectivity index (χ0v) is 14.9. The predicted octanol–water partition coefficient (Wildman–Crippen LogP) is 3.20. The maximum atomic E-state index is 6.28. The number of nitrogen functional groups attached to an aromatic ring is 1. The van der Waals surface area contributed by atoms with Gasteiger partial charge in [-0.15, -0.1) is 0 Å². The third kappa shape index (κ3) is 3.24. The smallest absolute Gasteiger partial charge is 0.231 e. The lowest BCUT2D eigenvalue weighted by atomic mass is 10.2. The molecule has 1 aromatic heterocycles. The van der Waals surface area contributed by atoms with Gasteiger partial charge in [0, 0.05) is 25.0 Å².